The molecule has 3 fully saturated rings. The van der Waals surface area contributed by atoms with Crippen LogP contribution in [0.3, 0.4) is 0 Å². The Morgan fingerprint density at radius 1 is 1.17 bits per heavy atom. The Labute approximate surface area is 110 Å². The Morgan fingerprint density at radius 3 is 2.83 bits per heavy atom. The molecule has 1 N–H and O–H groups in total. The Balaban J connectivity index is 1.61. The van der Waals surface area contributed by atoms with Gasteiger partial charge in [0.15, 0.2) is 0 Å². The van der Waals surface area contributed by atoms with Gasteiger partial charge in [-0.2, -0.15) is 0 Å². The third-order valence-electron chi connectivity index (χ3n) is 5.02. The molecule has 0 spiro atoms. The first-order chi connectivity index (χ1) is 8.75. The lowest BCUT2D eigenvalue weighted by molar-refractivity contribution is -0.136. The fraction of sp³-hybridized carbons (Fsp3) is 0.929. The van der Waals surface area contributed by atoms with E-state index in [1.807, 2.05) is 0 Å². The molecule has 0 aromatic heterocycles. The van der Waals surface area contributed by atoms with Crippen molar-refractivity contribution in [1.29, 1.82) is 0 Å². The summed E-state index contributed by atoms with van der Waals surface area (Å²) >= 11 is 0. The predicted molar refractivity (Wildman–Crippen MR) is 71.4 cm³/mol. The first-order valence-corrected chi connectivity index (χ1v) is 7.48. The minimum absolute atomic E-state index is 0.114. The molecule has 0 bridgehead atoms. The van der Waals surface area contributed by atoms with Crippen LogP contribution in [0.2, 0.25) is 0 Å². The van der Waals surface area contributed by atoms with Crippen LogP contribution in [-0.4, -0.2) is 61.0 Å². The van der Waals surface area contributed by atoms with Crippen LogP contribution in [0.5, 0.6) is 0 Å². The number of carbonyl (C=O) groups is 1. The van der Waals surface area contributed by atoms with Gasteiger partial charge in [0.2, 0.25) is 5.91 Å². The number of rotatable bonds is 1. The van der Waals surface area contributed by atoms with Gasteiger partial charge in [-0.1, -0.05) is 0 Å². The van der Waals surface area contributed by atoms with Gasteiger partial charge in [-0.15, -0.1) is 0 Å². The van der Waals surface area contributed by atoms with Gasteiger partial charge in [0.05, 0.1) is 6.04 Å². The molecule has 3 aliphatic rings. The Hall–Kier alpha value is -0.610. The first-order valence-electron chi connectivity index (χ1n) is 7.48. The highest BCUT2D eigenvalue weighted by molar-refractivity contribution is 5.82. The number of fused-ring (bicyclic) bond motifs is 1. The summed E-state index contributed by atoms with van der Waals surface area (Å²) in [4.78, 5) is 17.0. The molecule has 0 saturated carbocycles. The second kappa shape index (κ2) is 5.17. The summed E-state index contributed by atoms with van der Waals surface area (Å²) < 4.78 is 0. The molecule has 0 aliphatic carbocycles. The second-order valence-corrected chi connectivity index (χ2v) is 6.17. The van der Waals surface area contributed by atoms with Crippen molar-refractivity contribution in [2.24, 2.45) is 5.92 Å². The number of nitrogens with zero attached hydrogens (tertiary/aromatic N) is 2. The van der Waals surface area contributed by atoms with E-state index in [2.05, 4.69) is 22.2 Å². The molecule has 0 aromatic carbocycles. The van der Waals surface area contributed by atoms with Crippen LogP contribution in [0.1, 0.15) is 32.1 Å². The van der Waals surface area contributed by atoms with Crippen LogP contribution in [0.25, 0.3) is 0 Å². The molecule has 2 unspecified atom stereocenters. The van der Waals surface area contributed by atoms with E-state index in [0.717, 1.165) is 38.5 Å². The number of nitrogens with one attached hydrogen (secondary N) is 1. The zero-order valence-electron chi connectivity index (χ0n) is 11.4. The summed E-state index contributed by atoms with van der Waals surface area (Å²) in [6.45, 7) is 4.20. The number of likely N-dealkylation sites (tertiary alicyclic amines) is 2. The van der Waals surface area contributed by atoms with Gasteiger partial charge in [-0.25, -0.2) is 0 Å². The lowest BCUT2D eigenvalue weighted by Gasteiger charge is -2.46. The Bertz CT molecular complexity index is 314. The maximum absolute atomic E-state index is 12.4. The molecule has 3 heterocycles. The van der Waals surface area contributed by atoms with Crippen LogP contribution in [0.4, 0.5) is 0 Å². The van der Waals surface area contributed by atoms with Gasteiger partial charge in [-0.3, -0.25) is 4.79 Å². The van der Waals surface area contributed by atoms with Crippen LogP contribution in [0, 0.1) is 5.92 Å². The smallest absolute Gasteiger partial charge is 0.239 e. The molecule has 3 aliphatic heterocycles. The molecule has 3 atom stereocenters. The van der Waals surface area contributed by atoms with Crippen molar-refractivity contribution in [3.05, 3.63) is 0 Å². The van der Waals surface area contributed by atoms with Crippen molar-refractivity contribution in [3.63, 3.8) is 0 Å². The molecular weight excluding hydrogens is 226 g/mol. The van der Waals surface area contributed by atoms with Crippen molar-refractivity contribution >= 4 is 5.91 Å². The fourth-order valence-electron chi connectivity index (χ4n) is 3.97. The van der Waals surface area contributed by atoms with Gasteiger partial charge in [0.25, 0.3) is 0 Å². The lowest BCUT2D eigenvalue weighted by atomic mass is 9.84. The molecule has 0 radical (unpaired) electrons. The number of hydrogen-bond acceptors (Lipinski definition) is 3. The van der Waals surface area contributed by atoms with Crippen molar-refractivity contribution in [1.82, 2.24) is 15.1 Å². The maximum Gasteiger partial charge on any atom is 0.239 e. The monoisotopic (exact) mass is 251 g/mol. The van der Waals surface area contributed by atoms with Crippen molar-refractivity contribution in [2.75, 3.05) is 33.2 Å². The first kappa shape index (κ1) is 12.4. The number of piperidine rings is 2. The van der Waals surface area contributed by atoms with Gasteiger partial charge >= 0.3 is 0 Å². The molecular formula is C14H25N3O. The van der Waals surface area contributed by atoms with Crippen LogP contribution < -0.4 is 5.32 Å². The molecule has 3 saturated heterocycles. The summed E-state index contributed by atoms with van der Waals surface area (Å²) in [5.74, 6) is 1.07. The molecule has 1 amide bonds. The van der Waals surface area contributed by atoms with Crippen molar-refractivity contribution in [3.8, 4) is 0 Å². The molecule has 102 valence electrons. The molecule has 18 heavy (non-hydrogen) atoms. The summed E-state index contributed by atoms with van der Waals surface area (Å²) in [5, 5.41) is 3.33. The molecule has 3 rings (SSSR count). The zero-order valence-corrected chi connectivity index (χ0v) is 11.4. The standard InChI is InChI=1S/C14H25N3O/c1-16-8-3-4-11-10-17(9-6-13(11)16)14(18)12-5-2-7-15-12/h11-13,15H,2-10H2,1H3/t11?,12-,13?/m0/s1. The normalized spacial score (nSPS) is 37.6. The SMILES string of the molecule is CN1CCCC2CN(C(=O)[C@@H]3CCCN3)CCC21. The van der Waals surface area contributed by atoms with E-state index in [1.165, 1.54) is 25.8 Å². The number of amides is 1. The minimum Gasteiger partial charge on any atom is -0.341 e. The van der Waals surface area contributed by atoms with E-state index in [0.29, 0.717) is 11.8 Å². The lowest BCUT2D eigenvalue weighted by Crippen LogP contribution is -2.56. The van der Waals surface area contributed by atoms with E-state index in [9.17, 15) is 4.79 Å². The fourth-order valence-corrected chi connectivity index (χ4v) is 3.97. The minimum atomic E-state index is 0.114. The summed E-state index contributed by atoms with van der Waals surface area (Å²) in [7, 11) is 2.24. The van der Waals surface area contributed by atoms with E-state index in [4.69, 9.17) is 0 Å². The predicted octanol–water partition coefficient (Wildman–Crippen LogP) is 0.681. The van der Waals surface area contributed by atoms with Crippen LogP contribution in [-0.2, 0) is 4.79 Å². The van der Waals surface area contributed by atoms with Crippen molar-refractivity contribution < 1.29 is 4.79 Å². The highest BCUT2D eigenvalue weighted by Gasteiger charge is 2.37. The summed E-state index contributed by atoms with van der Waals surface area (Å²) in [5.41, 5.74) is 0. The highest BCUT2D eigenvalue weighted by atomic mass is 16.2. The Kier molecular flexibility index (Phi) is 3.57. The van der Waals surface area contributed by atoms with E-state index in [-0.39, 0.29) is 6.04 Å². The third-order valence-corrected chi connectivity index (χ3v) is 5.02. The molecule has 4 nitrogen and oxygen atoms in total. The number of carbonyl (C=O) groups excluding carboxylic acids is 1. The van der Waals surface area contributed by atoms with Crippen LogP contribution >= 0.6 is 0 Å². The Morgan fingerprint density at radius 2 is 2.06 bits per heavy atom. The molecule has 4 heteroatoms. The van der Waals surface area contributed by atoms with E-state index < -0.39 is 0 Å². The van der Waals surface area contributed by atoms with Crippen molar-refractivity contribution in [2.45, 2.75) is 44.2 Å². The average molecular weight is 251 g/mol. The highest BCUT2D eigenvalue weighted by Crippen LogP contribution is 2.30. The van der Waals surface area contributed by atoms with E-state index >= 15 is 0 Å². The average Bonchev–Trinajstić information content (AvgIpc) is 2.91. The van der Waals surface area contributed by atoms with Gasteiger partial charge < -0.3 is 15.1 Å². The van der Waals surface area contributed by atoms with Gasteiger partial charge in [0, 0.05) is 19.1 Å². The summed E-state index contributed by atoms with van der Waals surface area (Å²) in [6, 6.07) is 0.835. The van der Waals surface area contributed by atoms with Crippen LogP contribution in [0.15, 0.2) is 0 Å². The maximum atomic E-state index is 12.4. The molecule has 0 aromatic rings. The van der Waals surface area contributed by atoms with Gasteiger partial charge in [0.1, 0.15) is 0 Å². The largest absolute Gasteiger partial charge is 0.341 e. The van der Waals surface area contributed by atoms with Gasteiger partial charge in [-0.05, 0) is 58.2 Å². The zero-order chi connectivity index (χ0) is 12.5. The quantitative estimate of drug-likeness (QED) is 0.744. The summed E-state index contributed by atoms with van der Waals surface area (Å²) in [6.07, 6.45) is 5.94. The topological polar surface area (TPSA) is 35.6 Å². The second-order valence-electron chi connectivity index (χ2n) is 6.17. The number of hydrogen-bond donors (Lipinski definition) is 1. The van der Waals surface area contributed by atoms with E-state index in [1.54, 1.807) is 0 Å². The third kappa shape index (κ3) is 2.28.